The molecule has 0 amide bonds. The minimum Gasteiger partial charge on any atom is -0.496 e. The molecule has 0 spiro atoms. The number of methoxy groups -OCH3 is 2. The molecule has 1 aliphatic heterocycles. The smallest absolute Gasteiger partial charge is 0.127 e. The van der Waals surface area contributed by atoms with E-state index in [1.807, 2.05) is 0 Å². The molecule has 0 saturated carbocycles. The summed E-state index contributed by atoms with van der Waals surface area (Å²) >= 11 is 0. The third-order valence-electron chi connectivity index (χ3n) is 3.74. The number of halogens is 1. The van der Waals surface area contributed by atoms with E-state index in [2.05, 4.69) is 5.32 Å². The molecule has 0 radical (unpaired) electrons. The van der Waals surface area contributed by atoms with Crippen LogP contribution < -0.4 is 10.1 Å². The Kier molecular flexibility index (Phi) is 5.16. The first kappa shape index (κ1) is 14.3. The SMILES string of the molecule is COCc1cc(F)cc(OC)c1CC1CCNCC1. The van der Waals surface area contributed by atoms with Crippen LogP contribution in [-0.2, 0) is 17.8 Å². The third kappa shape index (κ3) is 3.67. The predicted molar refractivity (Wildman–Crippen MR) is 73.0 cm³/mol. The molecule has 1 N–H and O–H groups in total. The molecular weight excluding hydrogens is 245 g/mol. The van der Waals surface area contributed by atoms with E-state index in [-0.39, 0.29) is 5.82 Å². The van der Waals surface area contributed by atoms with E-state index in [1.165, 1.54) is 6.07 Å². The van der Waals surface area contributed by atoms with Crippen molar-refractivity contribution in [3.05, 3.63) is 29.1 Å². The lowest BCUT2D eigenvalue weighted by Gasteiger charge is -2.24. The summed E-state index contributed by atoms with van der Waals surface area (Å²) in [6.45, 7) is 2.55. The van der Waals surface area contributed by atoms with Crippen molar-refractivity contribution in [1.82, 2.24) is 5.32 Å². The normalized spacial score (nSPS) is 16.6. The van der Waals surface area contributed by atoms with Gasteiger partial charge in [0.05, 0.1) is 13.7 Å². The summed E-state index contributed by atoms with van der Waals surface area (Å²) in [5.41, 5.74) is 2.00. The quantitative estimate of drug-likeness (QED) is 0.889. The Morgan fingerprint density at radius 3 is 2.63 bits per heavy atom. The lowest BCUT2D eigenvalue weighted by Crippen LogP contribution is -2.29. The number of piperidine rings is 1. The van der Waals surface area contributed by atoms with Gasteiger partial charge in [-0.3, -0.25) is 0 Å². The van der Waals surface area contributed by atoms with Crippen LogP contribution >= 0.6 is 0 Å². The second-order valence-corrected chi connectivity index (χ2v) is 5.08. The number of hydrogen-bond acceptors (Lipinski definition) is 3. The second-order valence-electron chi connectivity index (χ2n) is 5.08. The first-order valence-electron chi connectivity index (χ1n) is 6.79. The largest absolute Gasteiger partial charge is 0.496 e. The molecule has 0 atom stereocenters. The molecule has 1 aromatic carbocycles. The number of ether oxygens (including phenoxy) is 2. The summed E-state index contributed by atoms with van der Waals surface area (Å²) in [7, 11) is 3.23. The Hall–Kier alpha value is -1.13. The predicted octanol–water partition coefficient (Wildman–Crippen LogP) is 2.52. The van der Waals surface area contributed by atoms with Crippen molar-refractivity contribution in [2.24, 2.45) is 5.92 Å². The van der Waals surface area contributed by atoms with Crippen molar-refractivity contribution >= 4 is 0 Å². The van der Waals surface area contributed by atoms with Gasteiger partial charge in [-0.05, 0) is 49.9 Å². The summed E-state index contributed by atoms with van der Waals surface area (Å²) in [6, 6.07) is 3.03. The van der Waals surface area contributed by atoms with E-state index < -0.39 is 0 Å². The molecule has 19 heavy (non-hydrogen) atoms. The molecule has 1 aliphatic rings. The zero-order valence-corrected chi connectivity index (χ0v) is 11.7. The standard InChI is InChI=1S/C15H22FNO2/c1-18-10-12-8-13(16)9-15(19-2)14(12)7-11-3-5-17-6-4-11/h8-9,11,17H,3-7,10H2,1-2H3. The summed E-state index contributed by atoms with van der Waals surface area (Å²) < 4.78 is 24.1. The average Bonchev–Trinajstić information content (AvgIpc) is 2.43. The van der Waals surface area contributed by atoms with Crippen LogP contribution in [0.15, 0.2) is 12.1 Å². The van der Waals surface area contributed by atoms with Crippen molar-refractivity contribution in [2.75, 3.05) is 27.3 Å². The monoisotopic (exact) mass is 267 g/mol. The number of nitrogens with one attached hydrogen (secondary N) is 1. The second kappa shape index (κ2) is 6.87. The fraction of sp³-hybridized carbons (Fsp3) is 0.600. The highest BCUT2D eigenvalue weighted by molar-refractivity contribution is 5.41. The molecule has 3 nitrogen and oxygen atoms in total. The van der Waals surface area contributed by atoms with Crippen molar-refractivity contribution in [2.45, 2.75) is 25.9 Å². The zero-order valence-electron chi connectivity index (χ0n) is 11.7. The lowest BCUT2D eigenvalue weighted by molar-refractivity contribution is 0.183. The van der Waals surface area contributed by atoms with Gasteiger partial charge in [0.25, 0.3) is 0 Å². The number of benzene rings is 1. The van der Waals surface area contributed by atoms with E-state index >= 15 is 0 Å². The highest BCUT2D eigenvalue weighted by Gasteiger charge is 2.19. The molecule has 2 rings (SSSR count). The Labute approximate surface area is 114 Å². The van der Waals surface area contributed by atoms with E-state index in [0.717, 1.165) is 43.5 Å². The van der Waals surface area contributed by atoms with E-state index in [0.29, 0.717) is 18.3 Å². The maximum Gasteiger partial charge on any atom is 0.127 e. The summed E-state index contributed by atoms with van der Waals surface area (Å²) in [5.74, 6) is 1.01. The topological polar surface area (TPSA) is 30.5 Å². The van der Waals surface area contributed by atoms with E-state index in [9.17, 15) is 4.39 Å². The molecule has 1 heterocycles. The van der Waals surface area contributed by atoms with Crippen LogP contribution in [0.5, 0.6) is 5.75 Å². The van der Waals surface area contributed by atoms with Crippen molar-refractivity contribution in [3.63, 3.8) is 0 Å². The van der Waals surface area contributed by atoms with Gasteiger partial charge >= 0.3 is 0 Å². The van der Waals surface area contributed by atoms with Crippen LogP contribution in [0.4, 0.5) is 4.39 Å². The summed E-state index contributed by atoms with van der Waals surface area (Å²) in [6.07, 6.45) is 3.25. The highest BCUT2D eigenvalue weighted by Crippen LogP contribution is 2.29. The van der Waals surface area contributed by atoms with Gasteiger partial charge in [-0.1, -0.05) is 0 Å². The van der Waals surface area contributed by atoms with Crippen molar-refractivity contribution in [3.8, 4) is 5.75 Å². The Morgan fingerprint density at radius 2 is 2.00 bits per heavy atom. The van der Waals surface area contributed by atoms with Gasteiger partial charge in [-0.15, -0.1) is 0 Å². The van der Waals surface area contributed by atoms with Gasteiger partial charge < -0.3 is 14.8 Å². The lowest BCUT2D eigenvalue weighted by atomic mass is 9.88. The fourth-order valence-electron chi connectivity index (χ4n) is 2.74. The molecule has 1 saturated heterocycles. The maximum atomic E-state index is 13.6. The Balaban J connectivity index is 2.24. The molecule has 4 heteroatoms. The van der Waals surface area contributed by atoms with E-state index in [1.54, 1.807) is 20.3 Å². The van der Waals surface area contributed by atoms with Crippen LogP contribution in [0.2, 0.25) is 0 Å². The number of hydrogen-bond donors (Lipinski definition) is 1. The van der Waals surface area contributed by atoms with Crippen LogP contribution in [-0.4, -0.2) is 27.3 Å². The molecule has 106 valence electrons. The molecule has 0 aromatic heterocycles. The Morgan fingerprint density at radius 1 is 1.26 bits per heavy atom. The third-order valence-corrected chi connectivity index (χ3v) is 3.74. The minimum atomic E-state index is -0.266. The van der Waals surface area contributed by atoms with Crippen LogP contribution in [0.3, 0.4) is 0 Å². The number of rotatable bonds is 5. The molecule has 0 bridgehead atoms. The highest BCUT2D eigenvalue weighted by atomic mass is 19.1. The van der Waals surface area contributed by atoms with Gasteiger partial charge in [0.15, 0.2) is 0 Å². The van der Waals surface area contributed by atoms with Gasteiger partial charge in [-0.25, -0.2) is 4.39 Å². The minimum absolute atomic E-state index is 0.266. The molecule has 1 aromatic rings. The maximum absolute atomic E-state index is 13.6. The fourth-order valence-corrected chi connectivity index (χ4v) is 2.74. The van der Waals surface area contributed by atoms with E-state index in [4.69, 9.17) is 9.47 Å². The van der Waals surface area contributed by atoms with Crippen LogP contribution in [0, 0.1) is 11.7 Å². The van der Waals surface area contributed by atoms with Crippen LogP contribution in [0.1, 0.15) is 24.0 Å². The van der Waals surface area contributed by atoms with Gasteiger partial charge in [0.1, 0.15) is 11.6 Å². The average molecular weight is 267 g/mol. The van der Waals surface area contributed by atoms with Crippen LogP contribution in [0.25, 0.3) is 0 Å². The molecular formula is C15H22FNO2. The molecule has 1 fully saturated rings. The van der Waals surface area contributed by atoms with Gasteiger partial charge in [0.2, 0.25) is 0 Å². The van der Waals surface area contributed by atoms with Crippen molar-refractivity contribution in [1.29, 1.82) is 0 Å². The zero-order chi connectivity index (χ0) is 13.7. The summed E-state index contributed by atoms with van der Waals surface area (Å²) in [4.78, 5) is 0. The first-order valence-corrected chi connectivity index (χ1v) is 6.79. The van der Waals surface area contributed by atoms with Crippen molar-refractivity contribution < 1.29 is 13.9 Å². The van der Waals surface area contributed by atoms with Gasteiger partial charge in [-0.2, -0.15) is 0 Å². The Bertz CT molecular complexity index is 417. The molecule has 0 aliphatic carbocycles. The summed E-state index contributed by atoms with van der Waals surface area (Å²) in [5, 5.41) is 3.36. The first-order chi connectivity index (χ1) is 9.24. The molecule has 0 unspecified atom stereocenters. The van der Waals surface area contributed by atoms with Gasteiger partial charge in [0, 0.05) is 18.7 Å².